The number of aromatic nitrogens is 2. The highest BCUT2D eigenvalue weighted by molar-refractivity contribution is 7.88. The summed E-state index contributed by atoms with van der Waals surface area (Å²) in [6.07, 6.45) is 1.41. The topological polar surface area (TPSA) is 125 Å². The second kappa shape index (κ2) is 9.67. The largest absolute Gasteiger partial charge is 0.534 e. The van der Waals surface area contributed by atoms with Crippen molar-refractivity contribution in [2.24, 2.45) is 7.05 Å². The quantitative estimate of drug-likeness (QED) is 0.155. The molecule has 11 nitrogen and oxygen atoms in total. The highest BCUT2D eigenvalue weighted by Crippen LogP contribution is 2.26. The van der Waals surface area contributed by atoms with Crippen LogP contribution in [0.4, 0.5) is 13.2 Å². The van der Waals surface area contributed by atoms with Crippen LogP contribution in [-0.4, -0.2) is 77.6 Å². The van der Waals surface area contributed by atoms with Crippen molar-refractivity contribution >= 4 is 38.7 Å². The summed E-state index contributed by atoms with van der Waals surface area (Å²) in [6.45, 7) is 0.110. The van der Waals surface area contributed by atoms with E-state index in [1.807, 2.05) is 0 Å². The van der Waals surface area contributed by atoms with Gasteiger partial charge >= 0.3 is 37.8 Å². The zero-order valence-electron chi connectivity index (χ0n) is 16.7. The molecule has 1 aromatic heterocycles. The van der Waals surface area contributed by atoms with Crippen LogP contribution < -0.4 is 13.5 Å². The number of carbonyl (C=O) groups excluding carboxylic acids is 1. The maximum atomic E-state index is 12.7. The van der Waals surface area contributed by atoms with E-state index in [9.17, 15) is 34.8 Å². The predicted octanol–water partition coefficient (Wildman–Crippen LogP) is -0.717. The first-order valence-electron chi connectivity index (χ1n) is 7.87. The van der Waals surface area contributed by atoms with Crippen LogP contribution >= 0.6 is 12.4 Å². The molecule has 1 rings (SSSR count). The number of imidazole rings is 1. The molecule has 0 fully saturated rings. The fourth-order valence-electron chi connectivity index (χ4n) is 2.22. The zero-order valence-corrected chi connectivity index (χ0v) is 19.2. The standard InChI is InChI=1S/C13H23F3N4O7S2.ClH/c1-18-6-7-19(12(18)27-28(22,23)13(14,15)16)29(24,25)17-10(8-11(21)26-5)9-20(2,3)4;/h6-7,10,17H,8-9H2,1-5H3;1H/q+2;. The van der Waals surface area contributed by atoms with E-state index in [0.29, 0.717) is 0 Å². The molecule has 1 heterocycles. The predicted molar refractivity (Wildman–Crippen MR) is 99.2 cm³/mol. The van der Waals surface area contributed by atoms with E-state index in [1.165, 1.54) is 0 Å². The number of ether oxygens (including phenoxy) is 1. The fourth-order valence-corrected chi connectivity index (χ4v) is 4.04. The van der Waals surface area contributed by atoms with Gasteiger partial charge in [-0.05, 0) is 0 Å². The van der Waals surface area contributed by atoms with Gasteiger partial charge in [0.05, 0.1) is 54.3 Å². The summed E-state index contributed by atoms with van der Waals surface area (Å²) in [7, 11) is -3.40. The number of likely N-dealkylation sites (N-methyl/N-ethyl adjacent to an activating group) is 1. The second-order valence-corrected chi connectivity index (χ2v) is 10.2. The van der Waals surface area contributed by atoms with Gasteiger partial charge in [-0.3, -0.25) is 4.79 Å². The Morgan fingerprint density at radius 1 is 1.27 bits per heavy atom. The normalized spacial score (nSPS) is 14.0. The Morgan fingerprint density at radius 3 is 2.23 bits per heavy atom. The molecule has 0 aromatic carbocycles. The van der Waals surface area contributed by atoms with E-state index in [0.717, 1.165) is 31.1 Å². The number of aryl methyl sites for hydroxylation is 1. The molecule has 0 amide bonds. The molecule has 1 aromatic rings. The van der Waals surface area contributed by atoms with Crippen LogP contribution in [0.3, 0.4) is 0 Å². The fraction of sp³-hybridized carbons (Fsp3) is 0.692. The highest BCUT2D eigenvalue weighted by atomic mass is 35.5. The van der Waals surface area contributed by atoms with Gasteiger partial charge in [0.15, 0.2) is 6.20 Å². The third-order valence-electron chi connectivity index (χ3n) is 3.37. The summed E-state index contributed by atoms with van der Waals surface area (Å²) in [5.41, 5.74) is -5.76. The lowest BCUT2D eigenvalue weighted by Crippen LogP contribution is -2.51. The molecule has 176 valence electrons. The van der Waals surface area contributed by atoms with Gasteiger partial charge in [-0.2, -0.15) is 39.3 Å². The Morgan fingerprint density at radius 2 is 1.80 bits per heavy atom. The maximum absolute atomic E-state index is 12.7. The number of quaternary nitrogens is 1. The SMILES string of the molecule is COC(=O)CC(C[N+](C)(C)C)NS(=O)(=O)n1cc[n+](C)c1OS(=O)(=O)C(F)(F)F.Cl. The van der Waals surface area contributed by atoms with Gasteiger partial charge in [0.25, 0.3) is 0 Å². The van der Waals surface area contributed by atoms with Gasteiger partial charge < -0.3 is 13.4 Å². The highest BCUT2D eigenvalue weighted by Gasteiger charge is 2.51. The third kappa shape index (κ3) is 7.57. The number of nitrogens with one attached hydrogen (secondary N) is 1. The molecule has 17 heteroatoms. The van der Waals surface area contributed by atoms with Crippen LogP contribution in [0.2, 0.25) is 0 Å². The molecule has 0 aliphatic rings. The van der Waals surface area contributed by atoms with E-state index >= 15 is 0 Å². The van der Waals surface area contributed by atoms with Gasteiger partial charge in [0.1, 0.15) is 6.20 Å². The molecule has 0 bridgehead atoms. The summed E-state index contributed by atoms with van der Waals surface area (Å²) in [5, 5.41) is 0. The van der Waals surface area contributed by atoms with E-state index in [2.05, 4.69) is 13.6 Å². The Balaban J connectivity index is 0.00000841. The number of carbonyl (C=O) groups is 1. The van der Waals surface area contributed by atoms with Crippen molar-refractivity contribution < 1.29 is 52.8 Å². The Bertz CT molecular complexity index is 956. The summed E-state index contributed by atoms with van der Waals surface area (Å²) in [4.78, 5) is 11.6. The molecule has 0 spiro atoms. The van der Waals surface area contributed by atoms with Crippen molar-refractivity contribution in [2.75, 3.05) is 34.8 Å². The maximum Gasteiger partial charge on any atom is 0.534 e. The second-order valence-electron chi connectivity index (χ2n) is 7.04. The summed E-state index contributed by atoms with van der Waals surface area (Å²) >= 11 is 0. The molecule has 0 aliphatic carbocycles. The summed E-state index contributed by atoms with van der Waals surface area (Å²) in [5.74, 6) is -0.722. The first kappa shape index (κ1) is 28.4. The lowest BCUT2D eigenvalue weighted by molar-refractivity contribution is -0.871. The van der Waals surface area contributed by atoms with Crippen molar-refractivity contribution in [3.63, 3.8) is 0 Å². The van der Waals surface area contributed by atoms with Crippen molar-refractivity contribution in [3.05, 3.63) is 12.4 Å². The molecular formula is C13H24ClF3N4O7S2+2. The molecule has 1 unspecified atom stereocenters. The van der Waals surface area contributed by atoms with E-state index in [4.69, 9.17) is 0 Å². The first-order valence-corrected chi connectivity index (χ1v) is 10.7. The van der Waals surface area contributed by atoms with Gasteiger partial charge in [-0.25, -0.2) is 0 Å². The molecule has 30 heavy (non-hydrogen) atoms. The number of esters is 1. The Kier molecular flexibility index (Phi) is 9.15. The third-order valence-corrected chi connectivity index (χ3v) is 5.73. The zero-order chi connectivity index (χ0) is 22.8. The van der Waals surface area contributed by atoms with Gasteiger partial charge in [-0.1, -0.05) is 3.97 Å². The molecule has 0 saturated carbocycles. The van der Waals surface area contributed by atoms with Crippen LogP contribution in [0.15, 0.2) is 12.4 Å². The number of hydrogen-bond acceptors (Lipinski definition) is 7. The van der Waals surface area contributed by atoms with Crippen molar-refractivity contribution in [3.8, 4) is 6.01 Å². The molecular weight excluding hydrogens is 481 g/mol. The average Bonchev–Trinajstić information content (AvgIpc) is 2.85. The molecule has 0 saturated heterocycles. The van der Waals surface area contributed by atoms with Gasteiger partial charge in [0.2, 0.25) is 0 Å². The van der Waals surface area contributed by atoms with E-state index in [1.54, 1.807) is 21.1 Å². The number of alkyl halides is 3. The smallest absolute Gasteiger partial charge is 0.469 e. The van der Waals surface area contributed by atoms with E-state index < -0.39 is 43.9 Å². The minimum absolute atomic E-state index is 0. The molecule has 0 aliphatic heterocycles. The summed E-state index contributed by atoms with van der Waals surface area (Å²) < 4.78 is 97.6. The number of hydrogen-bond donors (Lipinski definition) is 1. The van der Waals surface area contributed by atoms with Crippen LogP contribution in [-0.2, 0) is 36.9 Å². The van der Waals surface area contributed by atoms with Crippen LogP contribution in [0.25, 0.3) is 0 Å². The molecule has 0 radical (unpaired) electrons. The first-order chi connectivity index (χ1) is 12.9. The Labute approximate surface area is 178 Å². The van der Waals surface area contributed by atoms with Crippen LogP contribution in [0.1, 0.15) is 6.42 Å². The van der Waals surface area contributed by atoms with Crippen molar-refractivity contribution in [1.29, 1.82) is 0 Å². The minimum Gasteiger partial charge on any atom is -0.469 e. The molecule has 1 atom stereocenters. The van der Waals surface area contributed by atoms with Crippen molar-refractivity contribution in [2.45, 2.75) is 18.0 Å². The monoisotopic (exact) mass is 504 g/mol. The number of halogens is 4. The lowest BCUT2D eigenvalue weighted by atomic mass is 10.2. The number of rotatable bonds is 9. The van der Waals surface area contributed by atoms with Crippen molar-refractivity contribution in [1.82, 2.24) is 8.69 Å². The van der Waals surface area contributed by atoms with Gasteiger partial charge in [-0.15, -0.1) is 12.4 Å². The average molecular weight is 505 g/mol. The van der Waals surface area contributed by atoms with Gasteiger partial charge in [0, 0.05) is 0 Å². The van der Waals surface area contributed by atoms with Crippen LogP contribution in [0.5, 0.6) is 6.01 Å². The van der Waals surface area contributed by atoms with E-state index in [-0.39, 0.29) is 33.8 Å². The number of methoxy groups -OCH3 is 1. The Hall–Kier alpha value is -1.62. The summed E-state index contributed by atoms with van der Waals surface area (Å²) in [6, 6.07) is -2.14. The molecule has 1 N–H and O–H groups in total. The lowest BCUT2D eigenvalue weighted by Gasteiger charge is -2.28. The minimum atomic E-state index is -6.12. The number of nitrogens with zero attached hydrogens (tertiary/aromatic N) is 3. The van der Waals surface area contributed by atoms with Crippen LogP contribution in [0, 0.1) is 0 Å².